The molecule has 1 heterocycles. The summed E-state index contributed by atoms with van der Waals surface area (Å²) in [4.78, 5) is 5.37. The third-order valence-electron chi connectivity index (χ3n) is 2.95. The van der Waals surface area contributed by atoms with Crippen LogP contribution in [0.4, 0.5) is 8.78 Å². The Balaban J connectivity index is 1.61. The molecule has 0 unspecified atom stereocenters. The van der Waals surface area contributed by atoms with Gasteiger partial charge in [0.15, 0.2) is 5.96 Å². The van der Waals surface area contributed by atoms with Gasteiger partial charge < -0.3 is 11.1 Å². The largest absolute Gasteiger partial charge is 0.370 e. The molecule has 18 heavy (non-hydrogen) atoms. The van der Waals surface area contributed by atoms with Gasteiger partial charge in [-0.2, -0.15) is 0 Å². The summed E-state index contributed by atoms with van der Waals surface area (Å²) in [5, 5.41) is 5.02. The quantitative estimate of drug-likeness (QED) is 0.638. The van der Waals surface area contributed by atoms with Gasteiger partial charge in [0.1, 0.15) is 0 Å². The smallest absolute Gasteiger partial charge is 0.248 e. The number of guanidine groups is 1. The number of thiophene rings is 1. The molecule has 1 aliphatic carbocycles. The van der Waals surface area contributed by atoms with Gasteiger partial charge in [-0.25, -0.2) is 8.78 Å². The first-order chi connectivity index (χ1) is 8.55. The first-order valence-corrected chi connectivity index (χ1v) is 6.87. The van der Waals surface area contributed by atoms with Gasteiger partial charge >= 0.3 is 0 Å². The maximum Gasteiger partial charge on any atom is 0.248 e. The lowest BCUT2D eigenvalue weighted by molar-refractivity contribution is -0.107. The fourth-order valence-corrected chi connectivity index (χ4v) is 2.67. The van der Waals surface area contributed by atoms with E-state index in [0.717, 1.165) is 13.0 Å². The Kier molecular flexibility index (Phi) is 4.16. The van der Waals surface area contributed by atoms with Gasteiger partial charge in [0, 0.05) is 30.8 Å². The Morgan fingerprint density at radius 1 is 1.56 bits per heavy atom. The van der Waals surface area contributed by atoms with Crippen LogP contribution in [-0.4, -0.2) is 25.0 Å². The van der Waals surface area contributed by atoms with Crippen molar-refractivity contribution in [3.63, 3.8) is 0 Å². The predicted molar refractivity (Wildman–Crippen MR) is 70.2 cm³/mol. The summed E-state index contributed by atoms with van der Waals surface area (Å²) in [7, 11) is 0. The Morgan fingerprint density at radius 3 is 2.94 bits per heavy atom. The van der Waals surface area contributed by atoms with Crippen molar-refractivity contribution in [3.8, 4) is 0 Å². The number of hydrogen-bond donors (Lipinski definition) is 2. The number of hydrogen-bond acceptors (Lipinski definition) is 2. The molecule has 0 amide bonds. The van der Waals surface area contributed by atoms with E-state index >= 15 is 0 Å². The molecule has 1 aliphatic rings. The zero-order valence-corrected chi connectivity index (χ0v) is 10.9. The fraction of sp³-hybridized carbons (Fsp3) is 0.583. The number of nitrogens with two attached hydrogens (primary N) is 1. The minimum atomic E-state index is -2.47. The van der Waals surface area contributed by atoms with E-state index in [1.165, 1.54) is 4.88 Å². The predicted octanol–water partition coefficient (Wildman–Crippen LogP) is 2.24. The number of aliphatic imine (C=N–C) groups is 1. The highest BCUT2D eigenvalue weighted by Gasteiger charge is 2.44. The molecule has 2 rings (SSSR count). The summed E-state index contributed by atoms with van der Waals surface area (Å²) in [6.45, 7) is 1.12. The molecule has 0 spiro atoms. The average Bonchev–Trinajstić information content (AvgIpc) is 2.76. The third-order valence-corrected chi connectivity index (χ3v) is 3.89. The Bertz CT molecular complexity index is 395. The van der Waals surface area contributed by atoms with Crippen molar-refractivity contribution in [3.05, 3.63) is 22.4 Å². The van der Waals surface area contributed by atoms with E-state index in [9.17, 15) is 8.78 Å². The summed E-state index contributed by atoms with van der Waals surface area (Å²) in [5.41, 5.74) is 5.66. The molecule has 1 fully saturated rings. The normalized spacial score (nSPS) is 19.6. The molecule has 1 saturated carbocycles. The Labute approximate surface area is 109 Å². The van der Waals surface area contributed by atoms with Crippen molar-refractivity contribution in [2.45, 2.75) is 25.2 Å². The number of nitrogens with zero attached hydrogens (tertiary/aromatic N) is 1. The standard InChI is InChI=1S/C12H17F2N3S/c13-12(14)6-9(7-12)8-17-11(15)16-4-3-10-2-1-5-18-10/h1-2,5,9H,3-4,6-8H2,(H3,15,16,17). The monoisotopic (exact) mass is 273 g/mol. The van der Waals surface area contributed by atoms with E-state index in [4.69, 9.17) is 5.73 Å². The topological polar surface area (TPSA) is 50.4 Å². The van der Waals surface area contributed by atoms with Crippen molar-refractivity contribution < 1.29 is 8.78 Å². The molecule has 0 aliphatic heterocycles. The van der Waals surface area contributed by atoms with Gasteiger partial charge in [0.05, 0.1) is 0 Å². The van der Waals surface area contributed by atoms with Gasteiger partial charge in [0.25, 0.3) is 0 Å². The molecule has 1 aromatic heterocycles. The van der Waals surface area contributed by atoms with E-state index in [2.05, 4.69) is 16.4 Å². The molecule has 0 aromatic carbocycles. The van der Waals surface area contributed by atoms with E-state index < -0.39 is 5.92 Å². The number of rotatable bonds is 5. The van der Waals surface area contributed by atoms with Crippen LogP contribution < -0.4 is 11.1 Å². The van der Waals surface area contributed by atoms with Crippen molar-refractivity contribution in [1.82, 2.24) is 5.32 Å². The SMILES string of the molecule is NC(=NCC1CC(F)(F)C1)NCCc1cccs1. The average molecular weight is 273 g/mol. The second-order valence-corrected chi connectivity index (χ2v) is 5.64. The molecule has 0 radical (unpaired) electrons. The molecule has 0 bridgehead atoms. The Hall–Kier alpha value is -1.17. The summed E-state index contributed by atoms with van der Waals surface area (Å²) in [5.74, 6) is -2.14. The van der Waals surface area contributed by atoms with Crippen LogP contribution in [0, 0.1) is 5.92 Å². The second-order valence-electron chi connectivity index (χ2n) is 4.61. The van der Waals surface area contributed by atoms with Crippen molar-refractivity contribution >= 4 is 17.3 Å². The van der Waals surface area contributed by atoms with Crippen LogP contribution in [0.5, 0.6) is 0 Å². The number of nitrogens with one attached hydrogen (secondary N) is 1. The van der Waals surface area contributed by atoms with Crippen LogP contribution in [0.3, 0.4) is 0 Å². The third kappa shape index (κ3) is 3.94. The lowest BCUT2D eigenvalue weighted by Crippen LogP contribution is -2.38. The molecule has 1 aromatic rings. The zero-order chi connectivity index (χ0) is 13.0. The van der Waals surface area contributed by atoms with Gasteiger partial charge in [0.2, 0.25) is 5.92 Å². The van der Waals surface area contributed by atoms with Crippen molar-refractivity contribution in [2.24, 2.45) is 16.6 Å². The maximum absolute atomic E-state index is 12.6. The van der Waals surface area contributed by atoms with E-state index in [-0.39, 0.29) is 18.8 Å². The van der Waals surface area contributed by atoms with Crippen molar-refractivity contribution in [1.29, 1.82) is 0 Å². The summed E-state index contributed by atoms with van der Waals surface area (Å²) in [6, 6.07) is 4.07. The second kappa shape index (κ2) is 5.65. The minimum Gasteiger partial charge on any atom is -0.370 e. The highest BCUT2D eigenvalue weighted by molar-refractivity contribution is 7.09. The minimum absolute atomic E-state index is 0.0161. The van der Waals surface area contributed by atoms with Gasteiger partial charge in [-0.05, 0) is 23.8 Å². The first-order valence-electron chi connectivity index (χ1n) is 5.99. The van der Waals surface area contributed by atoms with Crippen LogP contribution in [0.2, 0.25) is 0 Å². The molecule has 6 heteroatoms. The lowest BCUT2D eigenvalue weighted by Gasteiger charge is -2.33. The summed E-state index contributed by atoms with van der Waals surface area (Å²) >= 11 is 1.70. The summed E-state index contributed by atoms with van der Waals surface area (Å²) < 4.78 is 25.2. The van der Waals surface area contributed by atoms with Crippen LogP contribution in [-0.2, 0) is 6.42 Å². The molecular formula is C12H17F2N3S. The Morgan fingerprint density at radius 2 is 2.33 bits per heavy atom. The molecule has 3 N–H and O–H groups in total. The van der Waals surface area contributed by atoms with Crippen LogP contribution in [0.1, 0.15) is 17.7 Å². The number of halogens is 2. The van der Waals surface area contributed by atoms with Crippen LogP contribution in [0.15, 0.2) is 22.5 Å². The van der Waals surface area contributed by atoms with Crippen LogP contribution >= 0.6 is 11.3 Å². The molecule has 0 saturated heterocycles. The van der Waals surface area contributed by atoms with E-state index in [0.29, 0.717) is 12.5 Å². The molecule has 100 valence electrons. The van der Waals surface area contributed by atoms with Crippen LogP contribution in [0.25, 0.3) is 0 Å². The zero-order valence-electron chi connectivity index (χ0n) is 10.0. The first kappa shape index (κ1) is 13.3. The number of alkyl halides is 2. The maximum atomic E-state index is 12.6. The molecular weight excluding hydrogens is 256 g/mol. The highest BCUT2D eigenvalue weighted by atomic mass is 32.1. The van der Waals surface area contributed by atoms with Gasteiger partial charge in [-0.15, -0.1) is 11.3 Å². The fourth-order valence-electron chi connectivity index (χ4n) is 1.97. The van der Waals surface area contributed by atoms with E-state index in [1.807, 2.05) is 11.4 Å². The summed E-state index contributed by atoms with van der Waals surface area (Å²) in [6.07, 6.45) is 0.785. The lowest BCUT2D eigenvalue weighted by atomic mass is 9.81. The van der Waals surface area contributed by atoms with Gasteiger partial charge in [-0.3, -0.25) is 4.99 Å². The van der Waals surface area contributed by atoms with E-state index in [1.54, 1.807) is 11.3 Å². The highest BCUT2D eigenvalue weighted by Crippen LogP contribution is 2.42. The molecule has 0 atom stereocenters. The van der Waals surface area contributed by atoms with Crippen molar-refractivity contribution in [2.75, 3.05) is 13.1 Å². The van der Waals surface area contributed by atoms with Gasteiger partial charge in [-0.1, -0.05) is 6.07 Å². The molecule has 3 nitrogen and oxygen atoms in total.